The molecule has 0 aliphatic rings. The normalized spacial score (nSPS) is 12.4. The summed E-state index contributed by atoms with van der Waals surface area (Å²) in [6.07, 6.45) is 1.71. The number of aliphatic carboxylic acids is 1. The Kier molecular flexibility index (Phi) is 4.52. The third-order valence-corrected chi connectivity index (χ3v) is 1.87. The van der Waals surface area contributed by atoms with E-state index in [9.17, 15) is 4.79 Å². The van der Waals surface area contributed by atoms with Gasteiger partial charge in [-0.05, 0) is 34.6 Å². The Morgan fingerprint density at radius 3 is 1.85 bits per heavy atom. The lowest BCUT2D eigenvalue weighted by molar-refractivity contribution is -0.132. The third kappa shape index (κ3) is 3.97. The molecule has 0 saturated heterocycles. The predicted octanol–water partition coefficient (Wildman–Crippen LogP) is 2.09. The molecule has 0 rings (SSSR count). The summed E-state index contributed by atoms with van der Waals surface area (Å²) in [6, 6.07) is 0.656. The van der Waals surface area contributed by atoms with Gasteiger partial charge >= 0.3 is 5.97 Å². The molecule has 13 heavy (non-hydrogen) atoms. The molecule has 3 heteroatoms. The zero-order chi connectivity index (χ0) is 10.6. The monoisotopic (exact) mass is 185 g/mol. The summed E-state index contributed by atoms with van der Waals surface area (Å²) in [7, 11) is 0. The van der Waals surface area contributed by atoms with Crippen molar-refractivity contribution in [1.29, 1.82) is 0 Å². The summed E-state index contributed by atoms with van der Waals surface area (Å²) in [6.45, 7) is 9.80. The van der Waals surface area contributed by atoms with Crippen LogP contribution in [0.25, 0.3) is 0 Å². The van der Waals surface area contributed by atoms with E-state index in [4.69, 9.17) is 5.11 Å². The topological polar surface area (TPSA) is 40.5 Å². The van der Waals surface area contributed by atoms with Crippen molar-refractivity contribution in [2.75, 3.05) is 0 Å². The Morgan fingerprint density at radius 1 is 1.23 bits per heavy atom. The maximum atomic E-state index is 10.6. The van der Waals surface area contributed by atoms with Gasteiger partial charge < -0.3 is 10.0 Å². The molecule has 0 unspecified atom stereocenters. The lowest BCUT2D eigenvalue weighted by Crippen LogP contribution is -2.32. The second-order valence-electron chi connectivity index (χ2n) is 3.75. The van der Waals surface area contributed by atoms with Crippen LogP contribution in [0.1, 0.15) is 34.6 Å². The average Bonchev–Trinajstić information content (AvgIpc) is 1.97. The van der Waals surface area contributed by atoms with Crippen LogP contribution in [-0.4, -0.2) is 28.1 Å². The van der Waals surface area contributed by atoms with Crippen LogP contribution in [-0.2, 0) is 4.79 Å². The van der Waals surface area contributed by atoms with E-state index in [-0.39, 0.29) is 0 Å². The van der Waals surface area contributed by atoms with Crippen LogP contribution in [0.4, 0.5) is 0 Å². The Balaban J connectivity index is 4.59. The quantitative estimate of drug-likeness (QED) is 0.682. The number of hydrogen-bond acceptors (Lipinski definition) is 2. The van der Waals surface area contributed by atoms with E-state index in [0.29, 0.717) is 17.7 Å². The van der Waals surface area contributed by atoms with Gasteiger partial charge in [-0.15, -0.1) is 0 Å². The fourth-order valence-electron chi connectivity index (χ4n) is 1.17. The first-order chi connectivity index (χ1) is 5.86. The SMILES string of the molecule is CC(=CN(C(C)C)C(C)C)C(=O)O. The highest BCUT2D eigenvalue weighted by atomic mass is 16.4. The molecule has 0 aromatic rings. The van der Waals surface area contributed by atoms with Gasteiger partial charge in [0.15, 0.2) is 0 Å². The molecule has 76 valence electrons. The molecular formula is C10H19NO2. The lowest BCUT2D eigenvalue weighted by Gasteiger charge is -2.29. The highest BCUT2D eigenvalue weighted by molar-refractivity contribution is 5.85. The molecule has 0 heterocycles. The van der Waals surface area contributed by atoms with Gasteiger partial charge in [0.1, 0.15) is 0 Å². The van der Waals surface area contributed by atoms with Crippen molar-refractivity contribution < 1.29 is 9.90 Å². The fraction of sp³-hybridized carbons (Fsp3) is 0.700. The standard InChI is InChI=1S/C10H19NO2/c1-7(2)11(8(3)4)6-9(5)10(12)13/h6-8H,1-5H3,(H,12,13). The van der Waals surface area contributed by atoms with Crippen LogP contribution >= 0.6 is 0 Å². The van der Waals surface area contributed by atoms with Gasteiger partial charge in [0.25, 0.3) is 0 Å². The molecule has 0 spiro atoms. The first-order valence-corrected chi connectivity index (χ1v) is 4.55. The van der Waals surface area contributed by atoms with Gasteiger partial charge in [0, 0.05) is 23.9 Å². The van der Waals surface area contributed by atoms with Crippen molar-refractivity contribution >= 4 is 5.97 Å². The number of rotatable bonds is 4. The molecule has 0 fully saturated rings. The number of carboxylic acids is 1. The minimum Gasteiger partial charge on any atom is -0.478 e. The Bertz CT molecular complexity index is 199. The molecule has 0 aromatic heterocycles. The number of carboxylic acid groups (broad SMARTS) is 1. The fourth-order valence-corrected chi connectivity index (χ4v) is 1.17. The van der Waals surface area contributed by atoms with Gasteiger partial charge in [-0.25, -0.2) is 4.79 Å². The van der Waals surface area contributed by atoms with Crippen LogP contribution in [0.15, 0.2) is 11.8 Å². The molecule has 3 nitrogen and oxygen atoms in total. The van der Waals surface area contributed by atoms with Crippen LogP contribution in [0, 0.1) is 0 Å². The van der Waals surface area contributed by atoms with Crippen molar-refractivity contribution in [3.05, 3.63) is 11.8 Å². The van der Waals surface area contributed by atoms with E-state index in [1.807, 2.05) is 32.6 Å². The Labute approximate surface area is 80.0 Å². The molecule has 1 N–H and O–H groups in total. The average molecular weight is 185 g/mol. The highest BCUT2D eigenvalue weighted by Crippen LogP contribution is 2.08. The smallest absolute Gasteiger partial charge is 0.332 e. The summed E-state index contributed by atoms with van der Waals surface area (Å²) in [5.74, 6) is -0.855. The lowest BCUT2D eigenvalue weighted by atomic mass is 10.2. The van der Waals surface area contributed by atoms with E-state index in [1.165, 1.54) is 0 Å². The van der Waals surface area contributed by atoms with E-state index >= 15 is 0 Å². The van der Waals surface area contributed by atoms with Crippen molar-refractivity contribution in [2.24, 2.45) is 0 Å². The van der Waals surface area contributed by atoms with Crippen LogP contribution < -0.4 is 0 Å². The first-order valence-electron chi connectivity index (χ1n) is 4.55. The highest BCUT2D eigenvalue weighted by Gasteiger charge is 2.11. The van der Waals surface area contributed by atoms with Crippen LogP contribution in [0.5, 0.6) is 0 Å². The van der Waals surface area contributed by atoms with Crippen molar-refractivity contribution in [3.8, 4) is 0 Å². The molecule has 0 saturated carbocycles. The van der Waals surface area contributed by atoms with Gasteiger partial charge in [0.2, 0.25) is 0 Å². The van der Waals surface area contributed by atoms with Gasteiger partial charge in [-0.2, -0.15) is 0 Å². The Morgan fingerprint density at radius 2 is 1.62 bits per heavy atom. The van der Waals surface area contributed by atoms with E-state index in [0.717, 1.165) is 0 Å². The minimum absolute atomic E-state index is 0.328. The van der Waals surface area contributed by atoms with Crippen molar-refractivity contribution in [3.63, 3.8) is 0 Å². The van der Waals surface area contributed by atoms with E-state index in [1.54, 1.807) is 13.1 Å². The molecular weight excluding hydrogens is 166 g/mol. The molecule has 0 aliphatic heterocycles. The molecule has 0 bridgehead atoms. The number of hydrogen-bond donors (Lipinski definition) is 1. The molecule has 0 atom stereocenters. The maximum absolute atomic E-state index is 10.6. The van der Waals surface area contributed by atoms with Gasteiger partial charge in [-0.1, -0.05) is 0 Å². The van der Waals surface area contributed by atoms with Crippen LogP contribution in [0.2, 0.25) is 0 Å². The van der Waals surface area contributed by atoms with Gasteiger partial charge in [-0.3, -0.25) is 0 Å². The molecule has 0 radical (unpaired) electrons. The predicted molar refractivity (Wildman–Crippen MR) is 53.5 cm³/mol. The second-order valence-corrected chi connectivity index (χ2v) is 3.75. The number of carbonyl (C=O) groups is 1. The molecule has 0 aliphatic carbocycles. The first kappa shape index (κ1) is 12.0. The van der Waals surface area contributed by atoms with Crippen molar-refractivity contribution in [2.45, 2.75) is 46.7 Å². The summed E-state index contributed by atoms with van der Waals surface area (Å²) < 4.78 is 0. The zero-order valence-electron chi connectivity index (χ0n) is 9.03. The van der Waals surface area contributed by atoms with E-state index < -0.39 is 5.97 Å². The summed E-state index contributed by atoms with van der Waals surface area (Å²) in [5, 5.41) is 8.70. The molecule has 0 aromatic carbocycles. The van der Waals surface area contributed by atoms with E-state index in [2.05, 4.69) is 0 Å². The molecule has 0 amide bonds. The van der Waals surface area contributed by atoms with Gasteiger partial charge in [0.05, 0.1) is 0 Å². The minimum atomic E-state index is -0.855. The second kappa shape index (κ2) is 4.90. The maximum Gasteiger partial charge on any atom is 0.332 e. The number of nitrogens with zero attached hydrogens (tertiary/aromatic N) is 1. The largest absolute Gasteiger partial charge is 0.478 e. The summed E-state index contributed by atoms with van der Waals surface area (Å²) in [5.41, 5.74) is 0.377. The zero-order valence-corrected chi connectivity index (χ0v) is 9.03. The summed E-state index contributed by atoms with van der Waals surface area (Å²) in [4.78, 5) is 12.6. The van der Waals surface area contributed by atoms with Crippen molar-refractivity contribution in [1.82, 2.24) is 4.90 Å². The third-order valence-electron chi connectivity index (χ3n) is 1.87. The summed E-state index contributed by atoms with van der Waals surface area (Å²) >= 11 is 0. The Hall–Kier alpha value is -0.990. The van der Waals surface area contributed by atoms with Crippen LogP contribution in [0.3, 0.4) is 0 Å².